The zero-order valence-corrected chi connectivity index (χ0v) is 14.6. The molecule has 24 heavy (non-hydrogen) atoms. The summed E-state index contributed by atoms with van der Waals surface area (Å²) in [7, 11) is 1.37. The first-order valence-corrected chi connectivity index (χ1v) is 8.68. The quantitative estimate of drug-likeness (QED) is 0.459. The summed E-state index contributed by atoms with van der Waals surface area (Å²) in [4.78, 5) is 45.8. The number of hydrogen-bond donors (Lipinski definition) is 1. The molecule has 0 aromatic heterocycles. The standard InChI is InChI=1S/C18H28O6/c1-12(19)15-11-16(20)14(13(15)9-10-17(21)22)7-5-3-4-6-8-18(23)24-2/h13-15H,3-11H2,1-2H3,(H,21,22). The number of esters is 1. The second-order valence-electron chi connectivity index (χ2n) is 6.62. The third kappa shape index (κ3) is 6.42. The van der Waals surface area contributed by atoms with E-state index >= 15 is 0 Å². The molecule has 3 atom stereocenters. The molecule has 136 valence electrons. The fraction of sp³-hybridized carbons (Fsp3) is 0.778. The second-order valence-corrected chi connectivity index (χ2v) is 6.62. The number of ether oxygens (including phenoxy) is 1. The Morgan fingerprint density at radius 2 is 1.75 bits per heavy atom. The molecule has 6 heteroatoms. The number of carboxylic acid groups (broad SMARTS) is 1. The van der Waals surface area contributed by atoms with Crippen LogP contribution in [0.5, 0.6) is 0 Å². The summed E-state index contributed by atoms with van der Waals surface area (Å²) in [6.07, 6.45) is 5.18. The van der Waals surface area contributed by atoms with Gasteiger partial charge in [-0.2, -0.15) is 0 Å². The molecule has 0 saturated heterocycles. The highest BCUT2D eigenvalue weighted by Gasteiger charge is 2.43. The number of ketones is 2. The van der Waals surface area contributed by atoms with Crippen LogP contribution in [0.15, 0.2) is 0 Å². The lowest BCUT2D eigenvalue weighted by Gasteiger charge is -2.21. The van der Waals surface area contributed by atoms with Crippen LogP contribution >= 0.6 is 0 Å². The van der Waals surface area contributed by atoms with Gasteiger partial charge in [-0.3, -0.25) is 19.2 Å². The second kappa shape index (κ2) is 10.2. The minimum atomic E-state index is -0.891. The molecule has 1 aliphatic carbocycles. The Kier molecular flexibility index (Phi) is 8.65. The van der Waals surface area contributed by atoms with Gasteiger partial charge in [0.2, 0.25) is 0 Å². The van der Waals surface area contributed by atoms with Crippen molar-refractivity contribution in [2.75, 3.05) is 7.11 Å². The first kappa shape index (κ1) is 20.3. The van der Waals surface area contributed by atoms with Crippen LogP contribution in [-0.4, -0.2) is 35.7 Å². The van der Waals surface area contributed by atoms with Gasteiger partial charge in [0.25, 0.3) is 0 Å². The van der Waals surface area contributed by atoms with Crippen molar-refractivity contribution < 1.29 is 29.0 Å². The lowest BCUT2D eigenvalue weighted by atomic mass is 9.81. The molecule has 6 nitrogen and oxygen atoms in total. The first-order valence-electron chi connectivity index (χ1n) is 8.68. The normalized spacial score (nSPS) is 23.2. The van der Waals surface area contributed by atoms with Crippen LogP contribution in [-0.2, 0) is 23.9 Å². The van der Waals surface area contributed by atoms with E-state index < -0.39 is 5.97 Å². The van der Waals surface area contributed by atoms with E-state index in [1.807, 2.05) is 0 Å². The average molecular weight is 340 g/mol. The van der Waals surface area contributed by atoms with E-state index in [-0.39, 0.29) is 48.1 Å². The predicted octanol–water partition coefficient (Wildman–Crippen LogP) is 2.78. The van der Waals surface area contributed by atoms with E-state index in [0.717, 1.165) is 25.7 Å². The molecule has 0 aliphatic heterocycles. The molecule has 0 aromatic carbocycles. The maximum absolute atomic E-state index is 12.2. The number of hydrogen-bond acceptors (Lipinski definition) is 5. The Morgan fingerprint density at radius 1 is 1.08 bits per heavy atom. The van der Waals surface area contributed by atoms with Crippen LogP contribution in [0.3, 0.4) is 0 Å². The summed E-state index contributed by atoms with van der Waals surface area (Å²) in [5.74, 6) is -1.67. The van der Waals surface area contributed by atoms with E-state index in [2.05, 4.69) is 4.74 Å². The summed E-state index contributed by atoms with van der Waals surface area (Å²) in [5.41, 5.74) is 0. The molecule has 1 saturated carbocycles. The molecule has 1 aliphatic rings. The SMILES string of the molecule is COC(=O)CCCCCCC1C(=O)CC(C(C)=O)C1CCC(=O)O. The van der Waals surface area contributed by atoms with E-state index in [0.29, 0.717) is 19.3 Å². The van der Waals surface area contributed by atoms with E-state index in [4.69, 9.17) is 5.11 Å². The molecule has 1 rings (SSSR count). The van der Waals surface area contributed by atoms with Gasteiger partial charge in [0, 0.05) is 31.1 Å². The molecule has 0 aromatic rings. The summed E-state index contributed by atoms with van der Waals surface area (Å²) in [5, 5.41) is 8.88. The molecule has 1 N–H and O–H groups in total. The Morgan fingerprint density at radius 3 is 2.33 bits per heavy atom. The van der Waals surface area contributed by atoms with Gasteiger partial charge < -0.3 is 9.84 Å². The van der Waals surface area contributed by atoms with Crippen molar-refractivity contribution in [2.45, 2.75) is 64.7 Å². The molecule has 1 fully saturated rings. The smallest absolute Gasteiger partial charge is 0.305 e. The highest BCUT2D eigenvalue weighted by Crippen LogP contribution is 2.40. The van der Waals surface area contributed by atoms with Crippen molar-refractivity contribution >= 4 is 23.5 Å². The van der Waals surface area contributed by atoms with Crippen molar-refractivity contribution in [3.8, 4) is 0 Å². The Hall–Kier alpha value is -1.72. The molecule has 0 bridgehead atoms. The molecule has 0 radical (unpaired) electrons. The topological polar surface area (TPSA) is 97.7 Å². The van der Waals surface area contributed by atoms with Crippen LogP contribution in [0.1, 0.15) is 64.7 Å². The van der Waals surface area contributed by atoms with Gasteiger partial charge in [-0.25, -0.2) is 0 Å². The van der Waals surface area contributed by atoms with Gasteiger partial charge in [0.15, 0.2) is 0 Å². The number of aliphatic carboxylic acids is 1. The minimum absolute atomic E-state index is 0.00262. The van der Waals surface area contributed by atoms with Crippen LogP contribution < -0.4 is 0 Å². The van der Waals surface area contributed by atoms with Gasteiger partial charge in [0.05, 0.1) is 7.11 Å². The zero-order chi connectivity index (χ0) is 18.1. The van der Waals surface area contributed by atoms with Gasteiger partial charge in [-0.1, -0.05) is 19.3 Å². The highest BCUT2D eigenvalue weighted by molar-refractivity contribution is 5.92. The maximum atomic E-state index is 12.2. The van der Waals surface area contributed by atoms with Gasteiger partial charge >= 0.3 is 11.9 Å². The maximum Gasteiger partial charge on any atom is 0.305 e. The van der Waals surface area contributed by atoms with Crippen molar-refractivity contribution in [2.24, 2.45) is 17.8 Å². The lowest BCUT2D eigenvalue weighted by Crippen LogP contribution is -2.22. The minimum Gasteiger partial charge on any atom is -0.481 e. The fourth-order valence-electron chi connectivity index (χ4n) is 3.64. The summed E-state index contributed by atoms with van der Waals surface area (Å²) < 4.78 is 4.58. The average Bonchev–Trinajstić information content (AvgIpc) is 2.84. The molecule has 0 heterocycles. The number of methoxy groups -OCH3 is 1. The fourth-order valence-corrected chi connectivity index (χ4v) is 3.64. The number of carbonyl (C=O) groups is 4. The number of unbranched alkanes of at least 4 members (excludes halogenated alkanes) is 3. The van der Waals surface area contributed by atoms with E-state index in [9.17, 15) is 19.2 Å². The monoisotopic (exact) mass is 340 g/mol. The zero-order valence-electron chi connectivity index (χ0n) is 14.6. The number of rotatable bonds is 11. The number of carboxylic acids is 1. The molecule has 0 spiro atoms. The van der Waals surface area contributed by atoms with Gasteiger partial charge in [-0.15, -0.1) is 0 Å². The summed E-state index contributed by atoms with van der Waals surface area (Å²) >= 11 is 0. The van der Waals surface area contributed by atoms with Crippen LogP contribution in [0.2, 0.25) is 0 Å². The molecular formula is C18H28O6. The van der Waals surface area contributed by atoms with Gasteiger partial charge in [0.1, 0.15) is 11.6 Å². The van der Waals surface area contributed by atoms with Gasteiger partial charge in [-0.05, 0) is 32.1 Å². The first-order chi connectivity index (χ1) is 11.4. The number of carbonyl (C=O) groups excluding carboxylic acids is 3. The molecular weight excluding hydrogens is 312 g/mol. The largest absolute Gasteiger partial charge is 0.481 e. The Balaban J connectivity index is 2.44. The summed E-state index contributed by atoms with van der Waals surface area (Å²) in [6, 6.07) is 0. The third-order valence-electron chi connectivity index (χ3n) is 4.96. The van der Waals surface area contributed by atoms with Crippen LogP contribution in [0.4, 0.5) is 0 Å². The predicted molar refractivity (Wildman–Crippen MR) is 87.4 cm³/mol. The van der Waals surface area contributed by atoms with Crippen molar-refractivity contribution in [1.82, 2.24) is 0 Å². The molecule has 0 amide bonds. The lowest BCUT2D eigenvalue weighted by molar-refractivity contribution is -0.141. The van der Waals surface area contributed by atoms with Crippen molar-refractivity contribution in [1.29, 1.82) is 0 Å². The highest BCUT2D eigenvalue weighted by atomic mass is 16.5. The summed E-state index contributed by atoms with van der Waals surface area (Å²) in [6.45, 7) is 1.49. The Bertz CT molecular complexity index is 470. The van der Waals surface area contributed by atoms with Crippen LogP contribution in [0, 0.1) is 17.8 Å². The van der Waals surface area contributed by atoms with Crippen molar-refractivity contribution in [3.63, 3.8) is 0 Å². The number of Topliss-reactive ketones (excluding diaryl/α,β-unsaturated/α-hetero) is 2. The van der Waals surface area contributed by atoms with Crippen molar-refractivity contribution in [3.05, 3.63) is 0 Å². The Labute approximate surface area is 142 Å². The van der Waals surface area contributed by atoms with E-state index in [1.165, 1.54) is 14.0 Å². The van der Waals surface area contributed by atoms with E-state index in [1.54, 1.807) is 0 Å². The van der Waals surface area contributed by atoms with Crippen LogP contribution in [0.25, 0.3) is 0 Å². The third-order valence-corrected chi connectivity index (χ3v) is 4.96. The molecule has 3 unspecified atom stereocenters.